The van der Waals surface area contributed by atoms with Crippen LogP contribution in [-0.2, 0) is 13.6 Å². The van der Waals surface area contributed by atoms with E-state index in [9.17, 15) is 4.79 Å². The van der Waals surface area contributed by atoms with Crippen molar-refractivity contribution in [2.45, 2.75) is 13.5 Å². The van der Waals surface area contributed by atoms with Crippen LogP contribution < -0.4 is 0 Å². The summed E-state index contributed by atoms with van der Waals surface area (Å²) >= 11 is 3.45. The molecule has 24 heavy (non-hydrogen) atoms. The smallest absolute Gasteiger partial charge is 0.273 e. The molecule has 0 aliphatic carbocycles. The average Bonchev–Trinajstić information content (AvgIpc) is 3.17. The van der Waals surface area contributed by atoms with Gasteiger partial charge < -0.3 is 4.90 Å². The van der Waals surface area contributed by atoms with Crippen molar-refractivity contribution in [1.82, 2.24) is 24.5 Å². The molecule has 3 aromatic rings. The molecule has 0 N–H and O–H groups in total. The zero-order valence-electron chi connectivity index (χ0n) is 13.8. The molecule has 6 nitrogen and oxygen atoms in total. The molecule has 124 valence electrons. The maximum atomic E-state index is 12.7. The van der Waals surface area contributed by atoms with Crippen molar-refractivity contribution in [3.8, 4) is 5.69 Å². The number of nitrogens with zero attached hydrogens (tertiary/aromatic N) is 5. The standard InChI is InChI=1S/C17H18BrN5O/c1-12-15(18)16(22(3)20-12)17(24)21(2)11-13-5-7-14(8-6-13)23-10-4-9-19-23/h4-10H,11H2,1-3H3. The molecule has 7 heteroatoms. The lowest BCUT2D eigenvalue weighted by molar-refractivity contribution is 0.0773. The van der Waals surface area contributed by atoms with Gasteiger partial charge in [0.1, 0.15) is 5.69 Å². The fourth-order valence-corrected chi connectivity index (χ4v) is 3.07. The van der Waals surface area contributed by atoms with E-state index in [0.717, 1.165) is 21.4 Å². The summed E-state index contributed by atoms with van der Waals surface area (Å²) in [5.74, 6) is -0.0684. The molecule has 3 rings (SSSR count). The van der Waals surface area contributed by atoms with E-state index in [1.165, 1.54) is 0 Å². The fourth-order valence-electron chi connectivity index (χ4n) is 2.57. The first kappa shape index (κ1) is 16.4. The molecule has 0 radical (unpaired) electrons. The van der Waals surface area contributed by atoms with Gasteiger partial charge in [-0.15, -0.1) is 0 Å². The maximum absolute atomic E-state index is 12.7. The summed E-state index contributed by atoms with van der Waals surface area (Å²) in [5.41, 5.74) is 3.40. The van der Waals surface area contributed by atoms with E-state index in [4.69, 9.17) is 0 Å². The van der Waals surface area contributed by atoms with Gasteiger partial charge in [-0.1, -0.05) is 12.1 Å². The topological polar surface area (TPSA) is 56.0 Å². The normalized spacial score (nSPS) is 10.8. The zero-order valence-corrected chi connectivity index (χ0v) is 15.4. The van der Waals surface area contributed by atoms with Gasteiger partial charge in [-0.25, -0.2) is 4.68 Å². The molecule has 1 amide bonds. The molecule has 0 fully saturated rings. The van der Waals surface area contributed by atoms with Crippen LogP contribution in [0.5, 0.6) is 0 Å². The Hall–Kier alpha value is -2.41. The SMILES string of the molecule is Cc1nn(C)c(C(=O)N(C)Cc2ccc(-n3cccn3)cc2)c1Br. The molecule has 0 saturated heterocycles. The third-order valence-electron chi connectivity index (χ3n) is 3.82. The van der Waals surface area contributed by atoms with Gasteiger partial charge in [0.2, 0.25) is 0 Å². The number of hydrogen-bond donors (Lipinski definition) is 0. The van der Waals surface area contributed by atoms with E-state index < -0.39 is 0 Å². The number of halogens is 1. The van der Waals surface area contributed by atoms with Gasteiger partial charge in [-0.3, -0.25) is 9.48 Å². The molecule has 0 aliphatic heterocycles. The van der Waals surface area contributed by atoms with Gasteiger partial charge in [0, 0.05) is 33.0 Å². The number of amides is 1. The van der Waals surface area contributed by atoms with Crippen molar-refractivity contribution >= 4 is 21.8 Å². The summed E-state index contributed by atoms with van der Waals surface area (Å²) in [6.07, 6.45) is 3.64. The Bertz CT molecular complexity index is 852. The first-order valence-electron chi connectivity index (χ1n) is 7.51. The molecule has 0 atom stereocenters. The Morgan fingerprint density at radius 1 is 1.29 bits per heavy atom. The van der Waals surface area contributed by atoms with Gasteiger partial charge in [-0.2, -0.15) is 10.2 Å². The maximum Gasteiger partial charge on any atom is 0.273 e. The highest BCUT2D eigenvalue weighted by molar-refractivity contribution is 9.10. The van der Waals surface area contributed by atoms with E-state index in [1.54, 1.807) is 34.6 Å². The Labute approximate surface area is 148 Å². The van der Waals surface area contributed by atoms with Crippen LogP contribution >= 0.6 is 15.9 Å². The first-order valence-corrected chi connectivity index (χ1v) is 8.30. The third-order valence-corrected chi connectivity index (χ3v) is 4.77. The highest BCUT2D eigenvalue weighted by atomic mass is 79.9. The van der Waals surface area contributed by atoms with E-state index in [1.807, 2.05) is 43.5 Å². The second-order valence-electron chi connectivity index (χ2n) is 5.65. The van der Waals surface area contributed by atoms with Gasteiger partial charge in [-0.05, 0) is 46.6 Å². The minimum atomic E-state index is -0.0684. The molecule has 2 aromatic heterocycles. The lowest BCUT2D eigenvalue weighted by Crippen LogP contribution is -2.28. The summed E-state index contributed by atoms with van der Waals surface area (Å²) < 4.78 is 4.16. The monoisotopic (exact) mass is 387 g/mol. The molecule has 2 heterocycles. The van der Waals surface area contributed by atoms with Crippen LogP contribution in [0, 0.1) is 6.92 Å². The van der Waals surface area contributed by atoms with Crippen LogP contribution in [0.3, 0.4) is 0 Å². The van der Waals surface area contributed by atoms with Crippen molar-refractivity contribution < 1.29 is 4.79 Å². The van der Waals surface area contributed by atoms with Crippen LogP contribution in [0.2, 0.25) is 0 Å². The molecule has 1 aromatic carbocycles. The second kappa shape index (κ2) is 6.60. The van der Waals surface area contributed by atoms with Crippen molar-refractivity contribution in [2.75, 3.05) is 7.05 Å². The first-order chi connectivity index (χ1) is 11.5. The number of aromatic nitrogens is 4. The molecule has 0 unspecified atom stereocenters. The van der Waals surface area contributed by atoms with Gasteiger partial charge >= 0.3 is 0 Å². The molecule has 0 spiro atoms. The Morgan fingerprint density at radius 2 is 2.00 bits per heavy atom. The average molecular weight is 388 g/mol. The molecule has 0 bridgehead atoms. The largest absolute Gasteiger partial charge is 0.336 e. The Morgan fingerprint density at radius 3 is 2.54 bits per heavy atom. The highest BCUT2D eigenvalue weighted by Gasteiger charge is 2.21. The van der Waals surface area contributed by atoms with Crippen LogP contribution in [0.1, 0.15) is 21.7 Å². The number of hydrogen-bond acceptors (Lipinski definition) is 3. The van der Waals surface area contributed by atoms with E-state index >= 15 is 0 Å². The minimum Gasteiger partial charge on any atom is -0.336 e. The predicted molar refractivity (Wildman–Crippen MR) is 95.0 cm³/mol. The number of rotatable bonds is 4. The molecular formula is C17H18BrN5O. The van der Waals surface area contributed by atoms with Gasteiger partial charge in [0.25, 0.3) is 5.91 Å². The van der Waals surface area contributed by atoms with Crippen LogP contribution in [0.4, 0.5) is 0 Å². The lowest BCUT2D eigenvalue weighted by Gasteiger charge is -2.18. The number of carbonyl (C=O) groups is 1. The van der Waals surface area contributed by atoms with E-state index in [0.29, 0.717) is 12.2 Å². The lowest BCUT2D eigenvalue weighted by atomic mass is 10.2. The summed E-state index contributed by atoms with van der Waals surface area (Å²) in [7, 11) is 3.57. The second-order valence-corrected chi connectivity index (χ2v) is 6.44. The Balaban J connectivity index is 1.74. The number of carbonyl (C=O) groups excluding carboxylic acids is 1. The highest BCUT2D eigenvalue weighted by Crippen LogP contribution is 2.22. The van der Waals surface area contributed by atoms with Crippen molar-refractivity contribution in [1.29, 1.82) is 0 Å². The number of aryl methyl sites for hydroxylation is 2. The van der Waals surface area contributed by atoms with Crippen LogP contribution in [-0.4, -0.2) is 37.4 Å². The Kier molecular flexibility index (Phi) is 4.53. The minimum absolute atomic E-state index is 0.0684. The fraction of sp³-hybridized carbons (Fsp3) is 0.235. The summed E-state index contributed by atoms with van der Waals surface area (Å²) in [5, 5.41) is 8.48. The number of benzene rings is 1. The summed E-state index contributed by atoms with van der Waals surface area (Å²) in [4.78, 5) is 14.4. The third kappa shape index (κ3) is 3.12. The summed E-state index contributed by atoms with van der Waals surface area (Å²) in [6.45, 7) is 2.39. The van der Waals surface area contributed by atoms with Gasteiger partial charge in [0.15, 0.2) is 0 Å². The van der Waals surface area contributed by atoms with Crippen LogP contribution in [0.25, 0.3) is 5.69 Å². The van der Waals surface area contributed by atoms with E-state index in [-0.39, 0.29) is 5.91 Å². The van der Waals surface area contributed by atoms with Crippen molar-refractivity contribution in [3.63, 3.8) is 0 Å². The molecular weight excluding hydrogens is 370 g/mol. The van der Waals surface area contributed by atoms with Gasteiger partial charge in [0.05, 0.1) is 15.9 Å². The van der Waals surface area contributed by atoms with Crippen molar-refractivity contribution in [3.05, 3.63) is 64.1 Å². The summed E-state index contributed by atoms with van der Waals surface area (Å²) in [6, 6.07) is 9.87. The predicted octanol–water partition coefficient (Wildman–Crippen LogP) is 2.95. The van der Waals surface area contributed by atoms with Crippen molar-refractivity contribution in [2.24, 2.45) is 7.05 Å². The molecule has 0 aliphatic rings. The van der Waals surface area contributed by atoms with E-state index in [2.05, 4.69) is 26.1 Å². The quantitative estimate of drug-likeness (QED) is 0.691. The molecule has 0 saturated carbocycles. The van der Waals surface area contributed by atoms with Crippen LogP contribution in [0.15, 0.2) is 47.2 Å². The zero-order chi connectivity index (χ0) is 17.3.